The van der Waals surface area contributed by atoms with Crippen LogP contribution in [0.4, 0.5) is 0 Å². The number of methoxy groups -OCH3 is 1. The van der Waals surface area contributed by atoms with Gasteiger partial charge in [0.2, 0.25) is 0 Å². The minimum atomic E-state index is -1.20. The van der Waals surface area contributed by atoms with Crippen molar-refractivity contribution in [3.05, 3.63) is 59.4 Å². The van der Waals surface area contributed by atoms with Gasteiger partial charge >= 0.3 is 0 Å². The Balaban J connectivity index is 1.52. The van der Waals surface area contributed by atoms with Crippen molar-refractivity contribution in [3.8, 4) is 5.75 Å². The molecule has 1 aliphatic rings. The summed E-state index contributed by atoms with van der Waals surface area (Å²) in [5, 5.41) is 3.73. The lowest BCUT2D eigenvalue weighted by Crippen LogP contribution is -2.31. The Morgan fingerprint density at radius 2 is 1.90 bits per heavy atom. The molecule has 0 radical (unpaired) electrons. The molecule has 1 atom stereocenters. The average Bonchev–Trinajstić information content (AvgIpc) is 2.97. The van der Waals surface area contributed by atoms with E-state index in [4.69, 9.17) is 9.15 Å². The van der Waals surface area contributed by atoms with Crippen molar-refractivity contribution in [1.29, 1.82) is 0 Å². The number of nitrogens with zero attached hydrogens (tertiary/aromatic N) is 1. The van der Waals surface area contributed by atoms with E-state index in [2.05, 4.69) is 5.32 Å². The molecule has 1 fully saturated rings. The number of fused-ring (bicyclic) bond motifs is 1. The largest absolute Gasteiger partial charge is 0.593 e. The van der Waals surface area contributed by atoms with Gasteiger partial charge in [0.1, 0.15) is 11.3 Å². The second-order valence-corrected chi connectivity index (χ2v) is 9.29. The lowest BCUT2D eigenvalue weighted by atomic mass is 10.1. The Kier molecular flexibility index (Phi) is 6.85. The summed E-state index contributed by atoms with van der Waals surface area (Å²) >= 11 is -1.20. The average molecular weight is 441 g/mol. The standard InChI is InChI=1S/C24H28N2O4S/c1-17-20-15-19(31(28)26-13-7-3-4-8-14-26)11-12-22(20)30-23(17)24(27)25-16-18-9-5-6-10-21(18)29-2/h5-6,9-12,15H,3-4,7-8,13-14,16H2,1-2H3,(H,25,27). The number of aryl methyl sites for hydroxylation is 1. The third kappa shape index (κ3) is 4.74. The van der Waals surface area contributed by atoms with Gasteiger partial charge < -0.3 is 19.0 Å². The second kappa shape index (κ2) is 9.77. The topological polar surface area (TPSA) is 77.8 Å². The van der Waals surface area contributed by atoms with Crippen molar-refractivity contribution in [2.45, 2.75) is 44.0 Å². The van der Waals surface area contributed by atoms with Gasteiger partial charge in [-0.2, -0.15) is 0 Å². The Bertz CT molecular complexity index is 1060. The highest BCUT2D eigenvalue weighted by Crippen LogP contribution is 2.30. The maximum Gasteiger partial charge on any atom is 0.287 e. The van der Waals surface area contributed by atoms with E-state index in [0.29, 0.717) is 12.1 Å². The zero-order valence-corrected chi connectivity index (χ0v) is 18.8. The lowest BCUT2D eigenvalue weighted by Gasteiger charge is -2.22. The van der Waals surface area contributed by atoms with Crippen LogP contribution in [0.3, 0.4) is 0 Å². The molecule has 0 bridgehead atoms. The molecule has 7 heteroatoms. The molecule has 1 aliphatic heterocycles. The van der Waals surface area contributed by atoms with Gasteiger partial charge in [-0.15, -0.1) is 4.31 Å². The van der Waals surface area contributed by atoms with Gasteiger partial charge in [-0.3, -0.25) is 4.79 Å². The molecule has 2 aromatic carbocycles. The Hall–Kier alpha value is -2.48. The first-order valence-corrected chi connectivity index (χ1v) is 11.8. The molecular formula is C24H28N2O4S. The summed E-state index contributed by atoms with van der Waals surface area (Å²) in [6, 6.07) is 13.1. The van der Waals surface area contributed by atoms with Crippen LogP contribution >= 0.6 is 0 Å². The number of hydrogen-bond acceptors (Lipinski definition) is 5. The summed E-state index contributed by atoms with van der Waals surface area (Å²) in [5.74, 6) is 0.724. The van der Waals surface area contributed by atoms with Crippen LogP contribution in [0.15, 0.2) is 51.8 Å². The number of hydrogen-bond donors (Lipinski definition) is 1. The predicted octanol–water partition coefficient (Wildman–Crippen LogP) is 4.58. The number of ether oxygens (including phenoxy) is 1. The molecule has 2 heterocycles. The van der Waals surface area contributed by atoms with Crippen molar-refractivity contribution in [1.82, 2.24) is 9.62 Å². The fourth-order valence-electron chi connectivity index (χ4n) is 3.99. The van der Waals surface area contributed by atoms with Gasteiger partial charge in [-0.1, -0.05) is 31.0 Å². The third-order valence-electron chi connectivity index (χ3n) is 5.75. The Morgan fingerprint density at radius 1 is 1.16 bits per heavy atom. The highest BCUT2D eigenvalue weighted by Gasteiger charge is 2.25. The number of nitrogens with one attached hydrogen (secondary N) is 1. The molecule has 31 heavy (non-hydrogen) atoms. The molecule has 1 unspecified atom stereocenters. The van der Waals surface area contributed by atoms with Crippen molar-refractivity contribution in [2.24, 2.45) is 0 Å². The fraction of sp³-hybridized carbons (Fsp3) is 0.375. The summed E-state index contributed by atoms with van der Waals surface area (Å²) < 4.78 is 26.3. The summed E-state index contributed by atoms with van der Waals surface area (Å²) in [6.45, 7) is 3.91. The van der Waals surface area contributed by atoms with Crippen LogP contribution in [0.5, 0.6) is 5.75 Å². The molecule has 164 valence electrons. The van der Waals surface area contributed by atoms with Gasteiger partial charge in [0.15, 0.2) is 10.7 Å². The van der Waals surface area contributed by atoms with E-state index in [9.17, 15) is 9.35 Å². The zero-order chi connectivity index (χ0) is 21.8. The van der Waals surface area contributed by atoms with Crippen LogP contribution < -0.4 is 10.1 Å². The molecule has 6 nitrogen and oxygen atoms in total. The summed E-state index contributed by atoms with van der Waals surface area (Å²) in [4.78, 5) is 13.5. The normalized spacial score (nSPS) is 16.1. The SMILES string of the molecule is COc1ccccc1CNC(=O)c1oc2ccc([S+]([O-])N3CCCCCC3)cc2c1C. The maximum absolute atomic E-state index is 13.1. The monoisotopic (exact) mass is 440 g/mol. The number of furan rings is 1. The van der Waals surface area contributed by atoms with Crippen LogP contribution in [0.25, 0.3) is 11.0 Å². The predicted molar refractivity (Wildman–Crippen MR) is 122 cm³/mol. The van der Waals surface area contributed by atoms with Gasteiger partial charge in [0, 0.05) is 42.2 Å². The van der Waals surface area contributed by atoms with Crippen LogP contribution in [-0.2, 0) is 17.9 Å². The van der Waals surface area contributed by atoms with Crippen LogP contribution in [0.2, 0.25) is 0 Å². The number of para-hydroxylation sites is 1. The molecule has 1 saturated heterocycles. The van der Waals surface area contributed by atoms with E-state index in [1.165, 1.54) is 12.8 Å². The number of carbonyl (C=O) groups is 1. The molecule has 1 amide bonds. The van der Waals surface area contributed by atoms with Gasteiger partial charge in [-0.25, -0.2) is 0 Å². The number of amides is 1. The van der Waals surface area contributed by atoms with Gasteiger partial charge in [0.05, 0.1) is 18.5 Å². The van der Waals surface area contributed by atoms with Gasteiger partial charge in [0.25, 0.3) is 5.91 Å². The van der Waals surface area contributed by atoms with E-state index >= 15 is 0 Å². The van der Waals surface area contributed by atoms with E-state index in [1.54, 1.807) is 7.11 Å². The van der Waals surface area contributed by atoms with Crippen molar-refractivity contribution < 1.29 is 18.5 Å². The van der Waals surface area contributed by atoms with E-state index in [0.717, 1.165) is 53.1 Å². The Labute approximate surface area is 185 Å². The summed E-state index contributed by atoms with van der Waals surface area (Å²) in [7, 11) is 1.61. The maximum atomic E-state index is 13.1. The molecule has 0 aliphatic carbocycles. The van der Waals surface area contributed by atoms with Crippen LogP contribution in [-0.4, -0.2) is 35.0 Å². The highest BCUT2D eigenvalue weighted by atomic mass is 32.2. The highest BCUT2D eigenvalue weighted by molar-refractivity contribution is 7.89. The van der Waals surface area contributed by atoms with Crippen molar-refractivity contribution >= 4 is 28.2 Å². The smallest absolute Gasteiger partial charge is 0.287 e. The Morgan fingerprint density at radius 3 is 2.65 bits per heavy atom. The van der Waals surface area contributed by atoms with Crippen molar-refractivity contribution in [3.63, 3.8) is 0 Å². The first kappa shape index (κ1) is 21.7. The van der Waals surface area contributed by atoms with Crippen LogP contribution in [0, 0.1) is 6.92 Å². The number of benzene rings is 2. The molecule has 4 rings (SSSR count). The quantitative estimate of drug-likeness (QED) is 0.568. The minimum Gasteiger partial charge on any atom is -0.593 e. The molecule has 3 aromatic rings. The summed E-state index contributed by atoms with van der Waals surface area (Å²) in [5.41, 5.74) is 2.26. The van der Waals surface area contributed by atoms with E-state index in [1.807, 2.05) is 53.7 Å². The van der Waals surface area contributed by atoms with Crippen LogP contribution in [0.1, 0.15) is 47.4 Å². The van der Waals surface area contributed by atoms with Gasteiger partial charge in [-0.05, 0) is 38.0 Å². The van der Waals surface area contributed by atoms with E-state index in [-0.39, 0.29) is 11.7 Å². The number of carbonyl (C=O) groups excluding carboxylic acids is 1. The molecule has 0 saturated carbocycles. The molecular weight excluding hydrogens is 412 g/mol. The fourth-order valence-corrected chi connectivity index (χ4v) is 5.28. The zero-order valence-electron chi connectivity index (χ0n) is 18.0. The third-order valence-corrected chi connectivity index (χ3v) is 7.24. The number of rotatable bonds is 6. The lowest BCUT2D eigenvalue weighted by molar-refractivity contribution is 0.0924. The second-order valence-electron chi connectivity index (χ2n) is 7.80. The minimum absolute atomic E-state index is 0.280. The first-order valence-electron chi connectivity index (χ1n) is 10.7. The molecule has 1 aromatic heterocycles. The van der Waals surface area contributed by atoms with Crippen molar-refractivity contribution in [2.75, 3.05) is 20.2 Å². The molecule has 0 spiro atoms. The first-order chi connectivity index (χ1) is 15.1. The van der Waals surface area contributed by atoms with E-state index < -0.39 is 11.4 Å². The molecule has 1 N–H and O–H groups in total. The summed E-state index contributed by atoms with van der Waals surface area (Å²) in [6.07, 6.45) is 4.55.